The first-order valence-corrected chi connectivity index (χ1v) is 8.22. The highest BCUT2D eigenvalue weighted by molar-refractivity contribution is 5.84. The van der Waals surface area contributed by atoms with Crippen LogP contribution in [0.25, 0.3) is 10.9 Å². The molecule has 1 amide bonds. The van der Waals surface area contributed by atoms with E-state index >= 15 is 0 Å². The van der Waals surface area contributed by atoms with Crippen molar-refractivity contribution in [1.29, 1.82) is 0 Å². The van der Waals surface area contributed by atoms with E-state index < -0.39 is 5.60 Å². The Morgan fingerprint density at radius 2 is 2.09 bits per heavy atom. The summed E-state index contributed by atoms with van der Waals surface area (Å²) in [6.07, 6.45) is 6.71. The average molecular weight is 316 g/mol. The molecule has 2 aromatic rings. The van der Waals surface area contributed by atoms with Gasteiger partial charge in [-0.05, 0) is 37.1 Å². The van der Waals surface area contributed by atoms with Crippen molar-refractivity contribution in [2.45, 2.75) is 44.2 Å². The molecule has 5 nitrogen and oxygen atoms in total. The summed E-state index contributed by atoms with van der Waals surface area (Å²) in [6, 6.07) is 7.77. The largest absolute Gasteiger partial charge is 0.497 e. The number of carbonyl (C=O) groups excluding carboxylic acids is 1. The van der Waals surface area contributed by atoms with Crippen molar-refractivity contribution in [3.05, 3.63) is 30.5 Å². The number of carbonyl (C=O) groups is 1. The van der Waals surface area contributed by atoms with Gasteiger partial charge in [-0.25, -0.2) is 0 Å². The quantitative estimate of drug-likeness (QED) is 0.890. The number of methoxy groups -OCH3 is 1. The molecule has 124 valence electrons. The Balaban J connectivity index is 1.61. The minimum absolute atomic E-state index is 0.0719. The van der Waals surface area contributed by atoms with Gasteiger partial charge in [0, 0.05) is 23.6 Å². The van der Waals surface area contributed by atoms with Crippen LogP contribution >= 0.6 is 0 Å². The molecule has 0 unspecified atom stereocenters. The lowest BCUT2D eigenvalue weighted by Crippen LogP contribution is -2.45. The van der Waals surface area contributed by atoms with Crippen molar-refractivity contribution in [1.82, 2.24) is 9.88 Å². The summed E-state index contributed by atoms with van der Waals surface area (Å²) < 4.78 is 7.12. The van der Waals surface area contributed by atoms with E-state index in [1.807, 2.05) is 35.0 Å². The lowest BCUT2D eigenvalue weighted by molar-refractivity contribution is -0.123. The van der Waals surface area contributed by atoms with E-state index in [-0.39, 0.29) is 12.5 Å². The molecule has 0 saturated heterocycles. The Morgan fingerprint density at radius 1 is 1.30 bits per heavy atom. The Hall–Kier alpha value is -2.01. The molecule has 1 aromatic heterocycles. The molecule has 3 rings (SSSR count). The topological polar surface area (TPSA) is 63.5 Å². The standard InChI is InChI=1S/C18H24N2O3/c1-23-15-5-6-16-14(11-15)7-10-20(16)12-17(21)19-13-18(22)8-3-2-4-9-18/h5-7,10-11,22H,2-4,8-9,12-13H2,1H3,(H,19,21). The van der Waals surface area contributed by atoms with E-state index in [0.29, 0.717) is 6.54 Å². The van der Waals surface area contributed by atoms with Crippen LogP contribution in [0.5, 0.6) is 5.75 Å². The van der Waals surface area contributed by atoms with Crippen LogP contribution in [-0.2, 0) is 11.3 Å². The van der Waals surface area contributed by atoms with Crippen LogP contribution in [-0.4, -0.2) is 34.8 Å². The number of hydrogen-bond acceptors (Lipinski definition) is 3. The molecule has 1 heterocycles. The van der Waals surface area contributed by atoms with Crippen molar-refractivity contribution in [3.63, 3.8) is 0 Å². The zero-order chi connectivity index (χ0) is 16.3. The van der Waals surface area contributed by atoms with E-state index in [1.165, 1.54) is 6.42 Å². The number of aromatic nitrogens is 1. The summed E-state index contributed by atoms with van der Waals surface area (Å²) in [5, 5.41) is 14.4. The van der Waals surface area contributed by atoms with E-state index in [0.717, 1.165) is 42.3 Å². The number of rotatable bonds is 5. The van der Waals surface area contributed by atoms with E-state index in [2.05, 4.69) is 5.32 Å². The summed E-state index contributed by atoms with van der Waals surface area (Å²) in [5.41, 5.74) is 0.275. The lowest BCUT2D eigenvalue weighted by Gasteiger charge is -2.32. The molecule has 1 aromatic carbocycles. The van der Waals surface area contributed by atoms with Gasteiger partial charge in [-0.3, -0.25) is 4.79 Å². The number of ether oxygens (including phenoxy) is 1. The van der Waals surface area contributed by atoms with Gasteiger partial charge in [-0.2, -0.15) is 0 Å². The fraction of sp³-hybridized carbons (Fsp3) is 0.500. The van der Waals surface area contributed by atoms with Gasteiger partial charge in [-0.1, -0.05) is 19.3 Å². The van der Waals surface area contributed by atoms with Gasteiger partial charge in [0.15, 0.2) is 0 Å². The third-order valence-electron chi connectivity index (χ3n) is 4.69. The van der Waals surface area contributed by atoms with E-state index in [1.54, 1.807) is 7.11 Å². The summed E-state index contributed by atoms with van der Waals surface area (Å²) in [7, 11) is 1.64. The maximum atomic E-state index is 12.2. The van der Waals surface area contributed by atoms with Gasteiger partial charge >= 0.3 is 0 Å². The molecule has 0 radical (unpaired) electrons. The van der Waals surface area contributed by atoms with Gasteiger partial charge < -0.3 is 19.7 Å². The van der Waals surface area contributed by atoms with Gasteiger partial charge in [0.25, 0.3) is 0 Å². The molecule has 23 heavy (non-hydrogen) atoms. The van der Waals surface area contributed by atoms with Crippen LogP contribution in [0.2, 0.25) is 0 Å². The number of benzene rings is 1. The van der Waals surface area contributed by atoms with Crippen molar-refractivity contribution in [2.24, 2.45) is 0 Å². The number of nitrogens with one attached hydrogen (secondary N) is 1. The maximum Gasteiger partial charge on any atom is 0.240 e. The number of aliphatic hydroxyl groups is 1. The Morgan fingerprint density at radius 3 is 2.83 bits per heavy atom. The number of nitrogens with zero attached hydrogens (tertiary/aromatic N) is 1. The van der Waals surface area contributed by atoms with Crippen molar-refractivity contribution >= 4 is 16.8 Å². The summed E-state index contributed by atoms with van der Waals surface area (Å²) in [5.74, 6) is 0.733. The number of hydrogen-bond donors (Lipinski definition) is 2. The fourth-order valence-corrected chi connectivity index (χ4v) is 3.30. The number of amides is 1. The second kappa shape index (κ2) is 6.62. The Bertz CT molecular complexity index is 687. The SMILES string of the molecule is COc1ccc2c(ccn2CC(=O)NCC2(O)CCCCC2)c1. The molecule has 0 bridgehead atoms. The predicted octanol–water partition coefficient (Wildman–Crippen LogP) is 2.46. The molecule has 0 atom stereocenters. The minimum Gasteiger partial charge on any atom is -0.497 e. The van der Waals surface area contributed by atoms with E-state index in [4.69, 9.17) is 4.74 Å². The van der Waals surface area contributed by atoms with Crippen LogP contribution < -0.4 is 10.1 Å². The Kier molecular flexibility index (Phi) is 4.57. The van der Waals surface area contributed by atoms with Crippen LogP contribution in [0.4, 0.5) is 0 Å². The first-order chi connectivity index (χ1) is 11.1. The zero-order valence-electron chi connectivity index (χ0n) is 13.5. The average Bonchev–Trinajstić information content (AvgIpc) is 2.96. The summed E-state index contributed by atoms with van der Waals surface area (Å²) in [6.45, 7) is 0.602. The zero-order valence-corrected chi connectivity index (χ0v) is 13.5. The molecule has 1 fully saturated rings. The Labute approximate surface area is 136 Å². The van der Waals surface area contributed by atoms with Gasteiger partial charge in [-0.15, -0.1) is 0 Å². The molecule has 5 heteroatoms. The highest BCUT2D eigenvalue weighted by Crippen LogP contribution is 2.27. The second-order valence-electron chi connectivity index (χ2n) is 6.43. The minimum atomic E-state index is -0.722. The van der Waals surface area contributed by atoms with Crippen molar-refractivity contribution < 1.29 is 14.6 Å². The monoisotopic (exact) mass is 316 g/mol. The molecule has 1 saturated carbocycles. The fourth-order valence-electron chi connectivity index (χ4n) is 3.30. The lowest BCUT2D eigenvalue weighted by atomic mass is 9.85. The normalized spacial score (nSPS) is 17.1. The van der Waals surface area contributed by atoms with Crippen LogP contribution in [0, 0.1) is 0 Å². The third kappa shape index (κ3) is 3.67. The maximum absolute atomic E-state index is 12.2. The predicted molar refractivity (Wildman–Crippen MR) is 89.5 cm³/mol. The highest BCUT2D eigenvalue weighted by Gasteiger charge is 2.29. The molecule has 0 spiro atoms. The smallest absolute Gasteiger partial charge is 0.240 e. The first-order valence-electron chi connectivity index (χ1n) is 8.22. The third-order valence-corrected chi connectivity index (χ3v) is 4.69. The molecular weight excluding hydrogens is 292 g/mol. The van der Waals surface area contributed by atoms with E-state index in [9.17, 15) is 9.90 Å². The molecule has 1 aliphatic rings. The van der Waals surface area contributed by atoms with Crippen molar-refractivity contribution in [3.8, 4) is 5.75 Å². The van der Waals surface area contributed by atoms with Gasteiger partial charge in [0.1, 0.15) is 12.3 Å². The summed E-state index contributed by atoms with van der Waals surface area (Å²) in [4.78, 5) is 12.2. The van der Waals surface area contributed by atoms with Crippen LogP contribution in [0.15, 0.2) is 30.5 Å². The summed E-state index contributed by atoms with van der Waals surface area (Å²) >= 11 is 0. The van der Waals surface area contributed by atoms with Gasteiger partial charge in [0.05, 0.1) is 12.7 Å². The molecule has 0 aliphatic heterocycles. The van der Waals surface area contributed by atoms with Crippen LogP contribution in [0.3, 0.4) is 0 Å². The molecule has 2 N–H and O–H groups in total. The second-order valence-corrected chi connectivity index (χ2v) is 6.43. The number of fused-ring (bicyclic) bond motifs is 1. The first kappa shape index (κ1) is 15.9. The highest BCUT2D eigenvalue weighted by atomic mass is 16.5. The van der Waals surface area contributed by atoms with Crippen molar-refractivity contribution in [2.75, 3.05) is 13.7 Å². The van der Waals surface area contributed by atoms with Gasteiger partial charge in [0.2, 0.25) is 5.91 Å². The molecule has 1 aliphatic carbocycles. The molecular formula is C18H24N2O3. The van der Waals surface area contributed by atoms with Crippen LogP contribution in [0.1, 0.15) is 32.1 Å².